The van der Waals surface area contributed by atoms with Gasteiger partial charge < -0.3 is 14.8 Å². The molecule has 3 aromatic rings. The lowest BCUT2D eigenvalue weighted by molar-refractivity contribution is 0.102. The van der Waals surface area contributed by atoms with E-state index in [1.807, 2.05) is 0 Å². The molecule has 3 aromatic carbocycles. The molecule has 0 radical (unpaired) electrons. The number of carbonyl (C=O) groups is 1. The average Bonchev–Trinajstić information content (AvgIpc) is 2.74. The van der Waals surface area contributed by atoms with Gasteiger partial charge in [-0.25, -0.2) is 8.42 Å². The van der Waals surface area contributed by atoms with Crippen molar-refractivity contribution in [3.05, 3.63) is 76.8 Å². The van der Waals surface area contributed by atoms with Gasteiger partial charge in [0.05, 0.1) is 30.5 Å². The Morgan fingerprint density at radius 2 is 1.50 bits per heavy atom. The van der Waals surface area contributed by atoms with Crippen molar-refractivity contribution < 1.29 is 22.7 Å². The third-order valence-corrected chi connectivity index (χ3v) is 6.08. The van der Waals surface area contributed by atoms with Gasteiger partial charge in [-0.2, -0.15) is 0 Å². The molecule has 7 nitrogen and oxygen atoms in total. The Morgan fingerprint density at radius 3 is 2.17 bits per heavy atom. The molecule has 0 aliphatic carbocycles. The third-order valence-electron chi connectivity index (χ3n) is 4.19. The second-order valence-corrected chi connectivity index (χ2v) is 8.73. The molecule has 0 aliphatic heterocycles. The fraction of sp³-hybridized carbons (Fsp3) is 0.0952. The van der Waals surface area contributed by atoms with Crippen LogP contribution in [0.2, 0.25) is 0 Å². The Labute approximate surface area is 183 Å². The average molecular weight is 491 g/mol. The molecule has 0 fully saturated rings. The summed E-state index contributed by atoms with van der Waals surface area (Å²) in [6.07, 6.45) is 0. The first-order valence-corrected chi connectivity index (χ1v) is 11.0. The van der Waals surface area contributed by atoms with E-state index >= 15 is 0 Å². The first-order valence-electron chi connectivity index (χ1n) is 8.75. The predicted molar refractivity (Wildman–Crippen MR) is 119 cm³/mol. The van der Waals surface area contributed by atoms with Crippen molar-refractivity contribution >= 4 is 43.2 Å². The monoisotopic (exact) mass is 490 g/mol. The highest BCUT2D eigenvalue weighted by Gasteiger charge is 2.19. The van der Waals surface area contributed by atoms with Crippen LogP contribution in [-0.2, 0) is 10.0 Å². The van der Waals surface area contributed by atoms with E-state index in [1.54, 1.807) is 48.5 Å². The minimum Gasteiger partial charge on any atom is -0.495 e. The maximum Gasteiger partial charge on any atom is 0.262 e. The molecule has 156 valence electrons. The fourth-order valence-electron chi connectivity index (χ4n) is 2.68. The number of amides is 1. The van der Waals surface area contributed by atoms with Gasteiger partial charge in [0.2, 0.25) is 0 Å². The first-order chi connectivity index (χ1) is 14.3. The molecule has 0 unspecified atom stereocenters. The predicted octanol–water partition coefficient (Wildman–Crippen LogP) is 4.52. The molecule has 30 heavy (non-hydrogen) atoms. The lowest BCUT2D eigenvalue weighted by Gasteiger charge is -2.14. The van der Waals surface area contributed by atoms with Gasteiger partial charge in [-0.15, -0.1) is 0 Å². The van der Waals surface area contributed by atoms with E-state index in [2.05, 4.69) is 26.0 Å². The highest BCUT2D eigenvalue weighted by atomic mass is 79.9. The van der Waals surface area contributed by atoms with E-state index in [0.717, 1.165) is 4.47 Å². The van der Waals surface area contributed by atoms with Crippen LogP contribution in [0.5, 0.6) is 11.5 Å². The molecule has 0 aliphatic rings. The maximum absolute atomic E-state index is 12.9. The summed E-state index contributed by atoms with van der Waals surface area (Å²) in [6.45, 7) is 0. The van der Waals surface area contributed by atoms with Crippen molar-refractivity contribution in [1.29, 1.82) is 0 Å². The van der Waals surface area contributed by atoms with Crippen molar-refractivity contribution in [2.45, 2.75) is 4.90 Å². The number of nitrogens with one attached hydrogen (secondary N) is 2. The van der Waals surface area contributed by atoms with Crippen LogP contribution < -0.4 is 19.5 Å². The van der Waals surface area contributed by atoms with Gasteiger partial charge in [0.1, 0.15) is 11.5 Å². The summed E-state index contributed by atoms with van der Waals surface area (Å²) in [5.74, 6) is 0.322. The summed E-state index contributed by atoms with van der Waals surface area (Å²) >= 11 is 3.32. The van der Waals surface area contributed by atoms with E-state index in [1.165, 1.54) is 32.4 Å². The fourth-order valence-corrected chi connectivity index (χ4v) is 4.04. The van der Waals surface area contributed by atoms with Crippen molar-refractivity contribution in [2.75, 3.05) is 24.3 Å². The minimum absolute atomic E-state index is 0.0414. The zero-order valence-electron chi connectivity index (χ0n) is 16.2. The van der Waals surface area contributed by atoms with Crippen LogP contribution >= 0.6 is 15.9 Å². The van der Waals surface area contributed by atoms with Crippen LogP contribution in [0.25, 0.3) is 0 Å². The Balaban J connectivity index is 1.91. The van der Waals surface area contributed by atoms with Gasteiger partial charge >= 0.3 is 0 Å². The van der Waals surface area contributed by atoms with Crippen LogP contribution in [0.3, 0.4) is 0 Å². The molecule has 0 heterocycles. The number of ether oxygens (including phenoxy) is 2. The Kier molecular flexibility index (Phi) is 6.63. The summed E-state index contributed by atoms with van der Waals surface area (Å²) in [7, 11) is -1.05. The number of hydrogen-bond donors (Lipinski definition) is 2. The van der Waals surface area contributed by atoms with Gasteiger partial charge in [0.25, 0.3) is 15.9 Å². The van der Waals surface area contributed by atoms with Crippen molar-refractivity contribution in [1.82, 2.24) is 0 Å². The van der Waals surface area contributed by atoms with E-state index in [0.29, 0.717) is 22.7 Å². The second-order valence-electron chi connectivity index (χ2n) is 6.13. The van der Waals surface area contributed by atoms with Crippen molar-refractivity contribution in [3.63, 3.8) is 0 Å². The molecule has 9 heteroatoms. The van der Waals surface area contributed by atoms with Crippen LogP contribution in [-0.4, -0.2) is 28.5 Å². The molecule has 1 amide bonds. The molecule has 2 N–H and O–H groups in total. The van der Waals surface area contributed by atoms with Crippen LogP contribution in [0.4, 0.5) is 11.4 Å². The van der Waals surface area contributed by atoms with E-state index in [9.17, 15) is 13.2 Å². The van der Waals surface area contributed by atoms with Gasteiger partial charge in [-0.1, -0.05) is 28.1 Å². The normalized spacial score (nSPS) is 10.9. The highest BCUT2D eigenvalue weighted by molar-refractivity contribution is 9.10. The molecule has 0 saturated carbocycles. The van der Waals surface area contributed by atoms with Crippen molar-refractivity contribution in [3.8, 4) is 11.5 Å². The SMILES string of the molecule is COc1ccc(S(=O)(=O)Nc2ccccc2OC)cc1NC(=O)c1ccc(Br)cc1. The summed E-state index contributed by atoms with van der Waals surface area (Å²) in [6, 6.07) is 17.7. The molecular formula is C21H19BrN2O5S. The van der Waals surface area contributed by atoms with Crippen molar-refractivity contribution in [2.24, 2.45) is 0 Å². The summed E-state index contributed by atoms with van der Waals surface area (Å²) in [5, 5.41) is 2.70. The van der Waals surface area contributed by atoms with Gasteiger partial charge in [-0.3, -0.25) is 9.52 Å². The summed E-state index contributed by atoms with van der Waals surface area (Å²) in [4.78, 5) is 12.5. The van der Waals surface area contributed by atoms with Gasteiger partial charge in [-0.05, 0) is 54.6 Å². The van der Waals surface area contributed by atoms with Gasteiger partial charge in [0.15, 0.2) is 0 Å². The number of methoxy groups -OCH3 is 2. The lowest BCUT2D eigenvalue weighted by Crippen LogP contribution is -2.16. The van der Waals surface area contributed by atoms with E-state index < -0.39 is 15.9 Å². The molecule has 0 atom stereocenters. The van der Waals surface area contributed by atoms with Crippen LogP contribution in [0, 0.1) is 0 Å². The Hall–Kier alpha value is -3.04. The largest absolute Gasteiger partial charge is 0.495 e. The van der Waals surface area contributed by atoms with E-state index in [-0.39, 0.29) is 10.6 Å². The number of hydrogen-bond acceptors (Lipinski definition) is 5. The standard InChI is InChI=1S/C21H19BrN2O5S/c1-28-19-6-4-3-5-17(19)24-30(26,27)16-11-12-20(29-2)18(13-16)23-21(25)14-7-9-15(22)10-8-14/h3-13,24H,1-2H3,(H,23,25). The first kappa shape index (κ1) is 21.7. The van der Waals surface area contributed by atoms with Gasteiger partial charge in [0, 0.05) is 10.0 Å². The molecule has 0 saturated heterocycles. The second kappa shape index (κ2) is 9.19. The quantitative estimate of drug-likeness (QED) is 0.507. The molecular weight excluding hydrogens is 472 g/mol. The zero-order valence-corrected chi connectivity index (χ0v) is 18.6. The minimum atomic E-state index is -3.94. The van der Waals surface area contributed by atoms with E-state index in [4.69, 9.17) is 9.47 Å². The molecule has 0 bridgehead atoms. The number of sulfonamides is 1. The van der Waals surface area contributed by atoms with Crippen LogP contribution in [0.15, 0.2) is 76.1 Å². The lowest BCUT2D eigenvalue weighted by atomic mass is 10.2. The summed E-state index contributed by atoms with van der Waals surface area (Å²) < 4.78 is 39.6. The Bertz CT molecular complexity index is 1160. The Morgan fingerprint density at radius 1 is 0.867 bits per heavy atom. The topological polar surface area (TPSA) is 93.7 Å². The zero-order chi connectivity index (χ0) is 21.7. The number of carbonyl (C=O) groups excluding carboxylic acids is 1. The number of rotatable bonds is 7. The molecule has 0 aromatic heterocycles. The smallest absolute Gasteiger partial charge is 0.262 e. The number of benzene rings is 3. The summed E-state index contributed by atoms with van der Waals surface area (Å²) in [5.41, 5.74) is 0.949. The number of para-hydroxylation sites is 2. The third kappa shape index (κ3) is 4.92. The molecule has 3 rings (SSSR count). The van der Waals surface area contributed by atoms with Crippen LogP contribution in [0.1, 0.15) is 10.4 Å². The highest BCUT2D eigenvalue weighted by Crippen LogP contribution is 2.31. The molecule has 0 spiro atoms. The number of anilines is 2. The number of halogens is 1. The maximum atomic E-state index is 12.9.